The lowest BCUT2D eigenvalue weighted by molar-refractivity contribution is 0.417. The standard InChI is InChI=1S/C13H14ClN3O3S/c1-20-13-5-2-8(14)6-12(13)17-11-7-9(21(16,18)19)3-4-10(11)15/h2-7,17H,15H2,1H3,(H2,16,18,19). The van der Waals surface area contributed by atoms with Crippen molar-refractivity contribution in [1.29, 1.82) is 0 Å². The van der Waals surface area contributed by atoms with E-state index in [1.165, 1.54) is 25.3 Å². The van der Waals surface area contributed by atoms with Crippen LogP contribution in [0.1, 0.15) is 0 Å². The summed E-state index contributed by atoms with van der Waals surface area (Å²) in [6.07, 6.45) is 0. The molecule has 0 radical (unpaired) electrons. The molecule has 0 fully saturated rings. The van der Waals surface area contributed by atoms with Crippen molar-refractivity contribution in [1.82, 2.24) is 0 Å². The molecule has 6 nitrogen and oxygen atoms in total. The summed E-state index contributed by atoms with van der Waals surface area (Å²) in [6.45, 7) is 0. The molecule has 0 aliphatic carbocycles. The van der Waals surface area contributed by atoms with Gasteiger partial charge in [0, 0.05) is 5.02 Å². The maximum Gasteiger partial charge on any atom is 0.238 e. The molecule has 0 heterocycles. The van der Waals surface area contributed by atoms with Crippen LogP contribution in [0.3, 0.4) is 0 Å². The van der Waals surface area contributed by atoms with Gasteiger partial charge in [0.15, 0.2) is 0 Å². The molecule has 2 aromatic carbocycles. The summed E-state index contributed by atoms with van der Waals surface area (Å²) >= 11 is 5.94. The predicted molar refractivity (Wildman–Crippen MR) is 83.5 cm³/mol. The highest BCUT2D eigenvalue weighted by atomic mass is 35.5. The molecule has 0 unspecified atom stereocenters. The van der Waals surface area contributed by atoms with Gasteiger partial charge in [0.1, 0.15) is 5.75 Å². The fraction of sp³-hybridized carbons (Fsp3) is 0.0769. The van der Waals surface area contributed by atoms with Gasteiger partial charge >= 0.3 is 0 Å². The molecule has 8 heteroatoms. The Kier molecular flexibility index (Phi) is 4.26. The van der Waals surface area contributed by atoms with Crippen LogP contribution in [0.2, 0.25) is 5.02 Å². The van der Waals surface area contributed by atoms with Gasteiger partial charge in [-0.15, -0.1) is 0 Å². The fourth-order valence-corrected chi connectivity index (χ4v) is 2.46. The lowest BCUT2D eigenvalue weighted by Gasteiger charge is -2.14. The zero-order valence-electron chi connectivity index (χ0n) is 11.1. The Bertz CT molecular complexity index is 778. The summed E-state index contributed by atoms with van der Waals surface area (Å²) in [4.78, 5) is -0.0415. The number of nitrogens with one attached hydrogen (secondary N) is 1. The Morgan fingerprint density at radius 1 is 1.14 bits per heavy atom. The fourth-order valence-electron chi connectivity index (χ4n) is 1.74. The van der Waals surface area contributed by atoms with E-state index in [1.54, 1.807) is 18.2 Å². The van der Waals surface area contributed by atoms with Gasteiger partial charge in [0.2, 0.25) is 10.0 Å². The van der Waals surface area contributed by atoms with Crippen molar-refractivity contribution < 1.29 is 13.2 Å². The third kappa shape index (κ3) is 3.57. The molecule has 0 spiro atoms. The van der Waals surface area contributed by atoms with Crippen molar-refractivity contribution in [2.24, 2.45) is 5.14 Å². The Labute approximate surface area is 127 Å². The number of rotatable bonds is 4. The predicted octanol–water partition coefficient (Wildman–Crippen LogP) is 2.32. The van der Waals surface area contributed by atoms with Crippen LogP contribution in [0.4, 0.5) is 17.1 Å². The van der Waals surface area contributed by atoms with Crippen molar-refractivity contribution in [3.05, 3.63) is 41.4 Å². The monoisotopic (exact) mass is 327 g/mol. The van der Waals surface area contributed by atoms with Crippen LogP contribution in [0, 0.1) is 0 Å². The largest absolute Gasteiger partial charge is 0.495 e. The van der Waals surface area contributed by atoms with Gasteiger partial charge in [0.05, 0.1) is 29.1 Å². The van der Waals surface area contributed by atoms with Gasteiger partial charge in [0.25, 0.3) is 0 Å². The number of primary sulfonamides is 1. The SMILES string of the molecule is COc1ccc(Cl)cc1Nc1cc(S(N)(=O)=O)ccc1N. The van der Waals surface area contributed by atoms with E-state index in [0.717, 1.165) is 0 Å². The summed E-state index contributed by atoms with van der Waals surface area (Å²) in [5.41, 5.74) is 7.15. The van der Waals surface area contributed by atoms with Crippen molar-refractivity contribution in [3.8, 4) is 5.75 Å². The van der Waals surface area contributed by atoms with Gasteiger partial charge in [-0.1, -0.05) is 11.6 Å². The lowest BCUT2D eigenvalue weighted by Crippen LogP contribution is -2.12. The summed E-state index contributed by atoms with van der Waals surface area (Å²) in [6, 6.07) is 9.15. The number of sulfonamides is 1. The van der Waals surface area contributed by atoms with Crippen LogP contribution in [0.15, 0.2) is 41.3 Å². The third-order valence-corrected chi connectivity index (χ3v) is 3.93. The highest BCUT2D eigenvalue weighted by molar-refractivity contribution is 7.89. The first kappa shape index (κ1) is 15.4. The van der Waals surface area contributed by atoms with Crippen LogP contribution in [-0.4, -0.2) is 15.5 Å². The second-order valence-corrected chi connectivity index (χ2v) is 6.26. The van der Waals surface area contributed by atoms with Gasteiger partial charge in [-0.05, 0) is 36.4 Å². The molecule has 0 amide bonds. The van der Waals surface area contributed by atoms with Crippen LogP contribution < -0.4 is 20.9 Å². The number of methoxy groups -OCH3 is 1. The Balaban J connectivity index is 2.47. The van der Waals surface area contributed by atoms with E-state index in [4.69, 9.17) is 27.2 Å². The molecule has 2 rings (SSSR count). The number of anilines is 3. The quantitative estimate of drug-likeness (QED) is 0.747. The summed E-state index contributed by atoms with van der Waals surface area (Å²) in [5, 5.41) is 8.60. The molecule has 0 bridgehead atoms. The maximum absolute atomic E-state index is 11.4. The number of hydrogen-bond acceptors (Lipinski definition) is 5. The minimum absolute atomic E-state index is 0.0415. The molecule has 0 saturated heterocycles. The van der Waals surface area contributed by atoms with Crippen LogP contribution in [0.5, 0.6) is 5.75 Å². The minimum atomic E-state index is -3.81. The van der Waals surface area contributed by atoms with Gasteiger partial charge < -0.3 is 15.8 Å². The van der Waals surface area contributed by atoms with E-state index >= 15 is 0 Å². The van der Waals surface area contributed by atoms with E-state index in [-0.39, 0.29) is 4.90 Å². The smallest absolute Gasteiger partial charge is 0.238 e. The molecule has 0 aliphatic heterocycles. The molecule has 5 N–H and O–H groups in total. The van der Waals surface area contributed by atoms with Crippen LogP contribution >= 0.6 is 11.6 Å². The van der Waals surface area contributed by atoms with Gasteiger partial charge in [-0.2, -0.15) is 0 Å². The van der Waals surface area contributed by atoms with Crippen LogP contribution in [-0.2, 0) is 10.0 Å². The van der Waals surface area contributed by atoms with Crippen molar-refractivity contribution >= 4 is 38.7 Å². The number of ether oxygens (including phenoxy) is 1. The zero-order chi connectivity index (χ0) is 15.6. The first-order valence-corrected chi connectivity index (χ1v) is 7.76. The molecule has 0 aliphatic rings. The van der Waals surface area contributed by atoms with E-state index in [2.05, 4.69) is 5.32 Å². The molecule has 0 saturated carbocycles. The molecule has 2 aromatic rings. The van der Waals surface area contributed by atoms with E-state index in [9.17, 15) is 8.42 Å². The third-order valence-electron chi connectivity index (χ3n) is 2.78. The Morgan fingerprint density at radius 3 is 2.48 bits per heavy atom. The number of nitrogens with two attached hydrogens (primary N) is 2. The molecular weight excluding hydrogens is 314 g/mol. The molecule has 0 atom stereocenters. The van der Waals surface area contributed by atoms with Crippen molar-refractivity contribution in [2.75, 3.05) is 18.2 Å². The molecule has 112 valence electrons. The number of hydrogen-bond donors (Lipinski definition) is 3. The summed E-state index contributed by atoms with van der Waals surface area (Å²) < 4.78 is 28.0. The number of nitrogen functional groups attached to an aromatic ring is 1. The maximum atomic E-state index is 11.4. The van der Waals surface area contributed by atoms with Crippen LogP contribution in [0.25, 0.3) is 0 Å². The van der Waals surface area contributed by atoms with E-state index in [1.807, 2.05) is 0 Å². The van der Waals surface area contributed by atoms with E-state index in [0.29, 0.717) is 27.8 Å². The van der Waals surface area contributed by atoms with Gasteiger partial charge in [-0.25, -0.2) is 13.6 Å². The first-order chi connectivity index (χ1) is 9.81. The highest BCUT2D eigenvalue weighted by Crippen LogP contribution is 2.33. The van der Waals surface area contributed by atoms with Gasteiger partial charge in [-0.3, -0.25) is 0 Å². The van der Waals surface area contributed by atoms with Crippen molar-refractivity contribution in [2.45, 2.75) is 4.90 Å². The molecular formula is C13H14ClN3O3S. The first-order valence-electron chi connectivity index (χ1n) is 5.84. The summed E-state index contributed by atoms with van der Waals surface area (Å²) in [5.74, 6) is 0.541. The number of halogens is 1. The van der Waals surface area contributed by atoms with Crippen molar-refractivity contribution in [3.63, 3.8) is 0 Å². The Hall–Kier alpha value is -1.96. The normalized spacial score (nSPS) is 11.2. The molecule has 21 heavy (non-hydrogen) atoms. The summed E-state index contributed by atoms with van der Waals surface area (Å²) in [7, 11) is -2.30. The zero-order valence-corrected chi connectivity index (χ0v) is 12.7. The average molecular weight is 328 g/mol. The minimum Gasteiger partial charge on any atom is -0.495 e. The highest BCUT2D eigenvalue weighted by Gasteiger charge is 2.12. The average Bonchev–Trinajstić information content (AvgIpc) is 2.40. The second-order valence-electron chi connectivity index (χ2n) is 4.26. The topological polar surface area (TPSA) is 107 Å². The lowest BCUT2D eigenvalue weighted by atomic mass is 10.2. The number of benzene rings is 2. The van der Waals surface area contributed by atoms with E-state index < -0.39 is 10.0 Å². The second kappa shape index (κ2) is 5.80. The Morgan fingerprint density at radius 2 is 1.86 bits per heavy atom. The molecule has 0 aromatic heterocycles.